The van der Waals surface area contributed by atoms with Crippen LogP contribution < -0.4 is 0 Å². The molecule has 0 fully saturated rings. The molecule has 2 heteroatoms. The molecule has 1 aliphatic rings. The lowest BCUT2D eigenvalue weighted by atomic mass is 9.83. The molecule has 1 rings (SSSR count). The van der Waals surface area contributed by atoms with Gasteiger partial charge >= 0.3 is 0 Å². The summed E-state index contributed by atoms with van der Waals surface area (Å²) < 4.78 is 13.3. The first-order valence-electron chi connectivity index (χ1n) is 4.04. The topological polar surface area (TPSA) is 17.1 Å². The maximum absolute atomic E-state index is 13.3. The largest absolute Gasteiger partial charge is 0.291 e. The van der Waals surface area contributed by atoms with Crippen molar-refractivity contribution in [3.63, 3.8) is 0 Å². The minimum absolute atomic E-state index is 0.304. The van der Waals surface area contributed by atoms with Gasteiger partial charge in [0.05, 0.1) is 0 Å². The fraction of sp³-hybridized carbons (Fsp3) is 0.500. The van der Waals surface area contributed by atoms with Gasteiger partial charge in [-0.05, 0) is 25.8 Å². The summed E-state index contributed by atoms with van der Waals surface area (Å²) in [6.45, 7) is 7.09. The Morgan fingerprint density at radius 1 is 1.75 bits per heavy atom. The van der Waals surface area contributed by atoms with Crippen molar-refractivity contribution in [3.05, 3.63) is 23.8 Å². The van der Waals surface area contributed by atoms with E-state index in [9.17, 15) is 9.18 Å². The van der Waals surface area contributed by atoms with E-state index in [4.69, 9.17) is 0 Å². The molecule has 0 unspecified atom stereocenters. The lowest BCUT2D eigenvalue weighted by Crippen LogP contribution is -2.30. The predicted molar refractivity (Wildman–Crippen MR) is 46.6 cm³/mol. The van der Waals surface area contributed by atoms with Gasteiger partial charge in [0, 0.05) is 5.92 Å². The molecule has 0 aromatic rings. The van der Waals surface area contributed by atoms with Gasteiger partial charge in [0.15, 0.2) is 12.0 Å². The second kappa shape index (κ2) is 3.21. The number of hydrogen-bond donors (Lipinski definition) is 0. The smallest absolute Gasteiger partial charge is 0.192 e. The molecule has 0 radical (unpaired) electrons. The van der Waals surface area contributed by atoms with Crippen LogP contribution in [-0.2, 0) is 4.79 Å². The van der Waals surface area contributed by atoms with Crippen LogP contribution in [0, 0.1) is 5.92 Å². The highest BCUT2D eigenvalue weighted by molar-refractivity contribution is 5.99. The molecule has 0 amide bonds. The fourth-order valence-electron chi connectivity index (χ4n) is 1.38. The van der Waals surface area contributed by atoms with Crippen LogP contribution >= 0.6 is 0 Å². The Bertz CT molecular complexity index is 253. The molecular weight excluding hydrogens is 155 g/mol. The number of rotatable bonds is 1. The molecule has 1 aliphatic carbocycles. The van der Waals surface area contributed by atoms with E-state index < -0.39 is 6.17 Å². The molecule has 0 saturated carbocycles. The zero-order chi connectivity index (χ0) is 9.30. The zero-order valence-corrected chi connectivity index (χ0v) is 7.43. The van der Waals surface area contributed by atoms with Crippen molar-refractivity contribution in [3.8, 4) is 0 Å². The second-order valence-corrected chi connectivity index (χ2v) is 3.34. The van der Waals surface area contributed by atoms with Gasteiger partial charge in [-0.15, -0.1) is 0 Å². The number of allylic oxidation sites excluding steroid dienone is 3. The van der Waals surface area contributed by atoms with E-state index in [1.54, 1.807) is 19.9 Å². The summed E-state index contributed by atoms with van der Waals surface area (Å²) in [5, 5.41) is 0. The highest BCUT2D eigenvalue weighted by Gasteiger charge is 2.31. The third-order valence-electron chi connectivity index (χ3n) is 2.30. The van der Waals surface area contributed by atoms with Gasteiger partial charge in [0.1, 0.15) is 0 Å². The van der Waals surface area contributed by atoms with Crippen LogP contribution in [-0.4, -0.2) is 12.0 Å². The fourth-order valence-corrected chi connectivity index (χ4v) is 1.38. The van der Waals surface area contributed by atoms with E-state index in [0.29, 0.717) is 12.0 Å². The number of Topliss-reactive ketones (excluding diaryl/α,β-unsaturated/α-hetero) is 1. The number of carbonyl (C=O) groups is 1. The average Bonchev–Trinajstić information content (AvgIpc) is 2.00. The molecule has 66 valence electrons. The maximum atomic E-state index is 13.3. The third kappa shape index (κ3) is 1.47. The predicted octanol–water partition coefficient (Wildman–Crippen LogP) is 2.44. The zero-order valence-electron chi connectivity index (χ0n) is 7.43. The Hall–Kier alpha value is -0.920. The van der Waals surface area contributed by atoms with Gasteiger partial charge in [0.25, 0.3) is 0 Å². The minimum atomic E-state index is -1.37. The molecule has 0 heterocycles. The first-order valence-corrected chi connectivity index (χ1v) is 4.04. The number of carbonyl (C=O) groups excluding carboxylic acids is 1. The van der Waals surface area contributed by atoms with Crippen molar-refractivity contribution >= 4 is 5.78 Å². The summed E-state index contributed by atoms with van der Waals surface area (Å²) in [6, 6.07) is 0. The highest BCUT2D eigenvalue weighted by atomic mass is 19.1. The highest BCUT2D eigenvalue weighted by Crippen LogP contribution is 2.28. The van der Waals surface area contributed by atoms with Gasteiger partial charge in [-0.25, -0.2) is 4.39 Å². The number of ketones is 1. The standard InChI is InChI=1S/C10H13FO/c1-6(2)8-5-4-7(3)10(12)9(8)11/h4,8-9H,1,5H2,2-3H3/t8-,9-/m1/s1. The Kier molecular flexibility index (Phi) is 2.46. The number of hydrogen-bond acceptors (Lipinski definition) is 1. The van der Waals surface area contributed by atoms with Crippen molar-refractivity contribution < 1.29 is 9.18 Å². The molecule has 0 bridgehead atoms. The number of alkyl halides is 1. The summed E-state index contributed by atoms with van der Waals surface area (Å²) in [7, 11) is 0. The molecule has 0 aliphatic heterocycles. The van der Waals surface area contributed by atoms with Gasteiger partial charge in [0.2, 0.25) is 0 Å². The summed E-state index contributed by atoms with van der Waals surface area (Å²) in [6.07, 6.45) is 1.03. The summed E-state index contributed by atoms with van der Waals surface area (Å²) >= 11 is 0. The summed E-state index contributed by atoms with van der Waals surface area (Å²) in [4.78, 5) is 11.2. The average molecular weight is 168 g/mol. The van der Waals surface area contributed by atoms with Crippen LogP contribution in [0.25, 0.3) is 0 Å². The van der Waals surface area contributed by atoms with Crippen LogP contribution in [0.5, 0.6) is 0 Å². The van der Waals surface area contributed by atoms with Crippen LogP contribution in [0.4, 0.5) is 4.39 Å². The Morgan fingerprint density at radius 2 is 2.33 bits per heavy atom. The van der Waals surface area contributed by atoms with Crippen molar-refractivity contribution in [2.75, 3.05) is 0 Å². The third-order valence-corrected chi connectivity index (χ3v) is 2.30. The Morgan fingerprint density at radius 3 is 2.83 bits per heavy atom. The Labute approximate surface area is 72.0 Å². The molecule has 12 heavy (non-hydrogen) atoms. The lowest BCUT2D eigenvalue weighted by Gasteiger charge is -2.23. The Balaban J connectivity index is 2.87. The maximum Gasteiger partial charge on any atom is 0.192 e. The molecule has 0 saturated heterocycles. The van der Waals surface area contributed by atoms with E-state index in [2.05, 4.69) is 6.58 Å². The van der Waals surface area contributed by atoms with Gasteiger partial charge < -0.3 is 0 Å². The van der Waals surface area contributed by atoms with E-state index in [1.165, 1.54) is 0 Å². The second-order valence-electron chi connectivity index (χ2n) is 3.34. The summed E-state index contributed by atoms with van der Waals surface area (Å²) in [5.41, 5.74) is 1.29. The quantitative estimate of drug-likeness (QED) is 0.549. The van der Waals surface area contributed by atoms with Crippen LogP contribution in [0.3, 0.4) is 0 Å². The van der Waals surface area contributed by atoms with E-state index in [0.717, 1.165) is 5.57 Å². The molecule has 0 N–H and O–H groups in total. The van der Waals surface area contributed by atoms with E-state index >= 15 is 0 Å². The first-order chi connectivity index (χ1) is 5.54. The van der Waals surface area contributed by atoms with Crippen molar-refractivity contribution in [1.82, 2.24) is 0 Å². The van der Waals surface area contributed by atoms with Crippen molar-refractivity contribution in [1.29, 1.82) is 0 Å². The van der Waals surface area contributed by atoms with Crippen LogP contribution in [0.2, 0.25) is 0 Å². The van der Waals surface area contributed by atoms with Gasteiger partial charge in [-0.2, -0.15) is 0 Å². The number of halogens is 1. The monoisotopic (exact) mass is 168 g/mol. The molecule has 0 aromatic heterocycles. The molecule has 1 nitrogen and oxygen atoms in total. The van der Waals surface area contributed by atoms with E-state index in [1.807, 2.05) is 0 Å². The minimum Gasteiger partial charge on any atom is -0.291 e. The molecule has 2 atom stereocenters. The molecular formula is C10H13FO. The van der Waals surface area contributed by atoms with Gasteiger partial charge in [-0.3, -0.25) is 4.79 Å². The molecule has 0 aromatic carbocycles. The van der Waals surface area contributed by atoms with Crippen LogP contribution in [0.1, 0.15) is 20.3 Å². The SMILES string of the molecule is C=C(C)[C@H]1CC=C(C)C(=O)[C@@H]1F. The van der Waals surface area contributed by atoms with Gasteiger partial charge in [-0.1, -0.05) is 18.2 Å². The molecule has 0 spiro atoms. The van der Waals surface area contributed by atoms with Crippen LogP contribution in [0.15, 0.2) is 23.8 Å². The van der Waals surface area contributed by atoms with Crippen molar-refractivity contribution in [2.24, 2.45) is 5.92 Å². The lowest BCUT2D eigenvalue weighted by molar-refractivity contribution is -0.121. The summed E-state index contributed by atoms with van der Waals surface area (Å²) in [5.74, 6) is -0.685. The van der Waals surface area contributed by atoms with E-state index in [-0.39, 0.29) is 11.7 Å². The normalized spacial score (nSPS) is 29.9. The first kappa shape index (κ1) is 9.17. The van der Waals surface area contributed by atoms with Crippen molar-refractivity contribution in [2.45, 2.75) is 26.4 Å².